The normalized spacial score (nSPS) is 28.2. The number of hydrogen-bond acceptors (Lipinski definition) is 3. The highest BCUT2D eigenvalue weighted by Gasteiger charge is 2.56. The predicted molar refractivity (Wildman–Crippen MR) is 78.3 cm³/mol. The highest BCUT2D eigenvalue weighted by Crippen LogP contribution is 2.59. The van der Waals surface area contributed by atoms with Gasteiger partial charge in [0.1, 0.15) is 5.75 Å². The van der Waals surface area contributed by atoms with Gasteiger partial charge in [0.2, 0.25) is 0 Å². The predicted octanol–water partition coefficient (Wildman–Crippen LogP) is 3.23. The van der Waals surface area contributed by atoms with Crippen LogP contribution in [0.2, 0.25) is 0 Å². The lowest BCUT2D eigenvalue weighted by molar-refractivity contribution is 0.0803. The zero-order valence-corrected chi connectivity index (χ0v) is 12.0. The lowest BCUT2D eigenvalue weighted by atomic mass is 9.88. The van der Waals surface area contributed by atoms with E-state index in [2.05, 4.69) is 23.2 Å². The van der Waals surface area contributed by atoms with E-state index in [1.54, 1.807) is 7.11 Å². The zero-order chi connectivity index (χ0) is 13.7. The molecule has 1 aliphatic carbocycles. The molecular formula is C17H19NO2. The molecule has 0 unspecified atom stereocenters. The molecule has 2 aromatic rings. The maximum absolute atomic E-state index is 5.58. The molecule has 4 rings (SSSR count). The molecule has 104 valence electrons. The van der Waals surface area contributed by atoms with E-state index in [4.69, 9.17) is 9.47 Å². The van der Waals surface area contributed by atoms with Crippen molar-refractivity contribution in [1.82, 2.24) is 4.98 Å². The van der Waals surface area contributed by atoms with E-state index in [0.29, 0.717) is 11.3 Å². The van der Waals surface area contributed by atoms with Crippen molar-refractivity contribution in [2.75, 3.05) is 20.3 Å². The molecule has 2 atom stereocenters. The summed E-state index contributed by atoms with van der Waals surface area (Å²) in [4.78, 5) is 4.60. The number of aromatic nitrogens is 1. The van der Waals surface area contributed by atoms with Crippen LogP contribution in [0.25, 0.3) is 10.9 Å². The molecule has 0 spiro atoms. The van der Waals surface area contributed by atoms with E-state index in [0.717, 1.165) is 42.0 Å². The second kappa shape index (κ2) is 4.19. The van der Waals surface area contributed by atoms with Crippen molar-refractivity contribution in [3.8, 4) is 5.75 Å². The van der Waals surface area contributed by atoms with Gasteiger partial charge in [-0.05, 0) is 43.4 Å². The molecule has 1 aliphatic heterocycles. The Morgan fingerprint density at radius 3 is 3.05 bits per heavy atom. The Balaban J connectivity index is 1.85. The molecule has 1 saturated carbocycles. The van der Waals surface area contributed by atoms with E-state index in [-0.39, 0.29) is 0 Å². The minimum absolute atomic E-state index is 0.363. The summed E-state index contributed by atoms with van der Waals surface area (Å²) in [6, 6.07) is 8.68. The van der Waals surface area contributed by atoms with Gasteiger partial charge in [0.25, 0.3) is 0 Å². The SMILES string of the molecule is COc1cc(C)nc2ccc([C@@]34CCOC[C@@H]3C4)cc12. The molecule has 1 saturated heterocycles. The lowest BCUT2D eigenvalue weighted by Crippen LogP contribution is -2.21. The molecular weight excluding hydrogens is 250 g/mol. The number of rotatable bonds is 2. The fraction of sp³-hybridized carbons (Fsp3) is 0.471. The Bertz CT molecular complexity index is 682. The van der Waals surface area contributed by atoms with Gasteiger partial charge in [-0.2, -0.15) is 0 Å². The third-order valence-corrected chi connectivity index (χ3v) is 4.94. The van der Waals surface area contributed by atoms with Crippen LogP contribution in [-0.4, -0.2) is 25.3 Å². The topological polar surface area (TPSA) is 31.4 Å². The summed E-state index contributed by atoms with van der Waals surface area (Å²) in [5.74, 6) is 1.63. The third kappa shape index (κ3) is 1.66. The average molecular weight is 269 g/mol. The Labute approximate surface area is 118 Å². The number of hydrogen-bond donors (Lipinski definition) is 0. The van der Waals surface area contributed by atoms with Gasteiger partial charge in [-0.15, -0.1) is 0 Å². The molecule has 0 amide bonds. The molecule has 0 bridgehead atoms. The van der Waals surface area contributed by atoms with Gasteiger partial charge < -0.3 is 9.47 Å². The van der Waals surface area contributed by atoms with Crippen molar-refractivity contribution < 1.29 is 9.47 Å². The fourth-order valence-corrected chi connectivity index (χ4v) is 3.68. The van der Waals surface area contributed by atoms with Crippen LogP contribution >= 0.6 is 0 Å². The second-order valence-corrected chi connectivity index (χ2v) is 6.08. The summed E-state index contributed by atoms with van der Waals surface area (Å²) in [6.07, 6.45) is 2.41. The van der Waals surface area contributed by atoms with Crippen LogP contribution < -0.4 is 4.74 Å². The van der Waals surface area contributed by atoms with Crippen molar-refractivity contribution in [3.05, 3.63) is 35.5 Å². The number of aryl methyl sites for hydroxylation is 1. The van der Waals surface area contributed by atoms with Crippen molar-refractivity contribution in [3.63, 3.8) is 0 Å². The summed E-state index contributed by atoms with van der Waals surface area (Å²) >= 11 is 0. The Morgan fingerprint density at radius 2 is 2.25 bits per heavy atom. The van der Waals surface area contributed by atoms with Gasteiger partial charge in [-0.1, -0.05) is 6.07 Å². The van der Waals surface area contributed by atoms with Crippen LogP contribution in [0.3, 0.4) is 0 Å². The van der Waals surface area contributed by atoms with Crippen LogP contribution in [0.4, 0.5) is 0 Å². The quantitative estimate of drug-likeness (QED) is 0.838. The van der Waals surface area contributed by atoms with Crippen LogP contribution in [0.1, 0.15) is 24.1 Å². The molecule has 2 fully saturated rings. The van der Waals surface area contributed by atoms with Crippen molar-refractivity contribution >= 4 is 10.9 Å². The smallest absolute Gasteiger partial charge is 0.130 e. The first-order valence-corrected chi connectivity index (χ1v) is 7.26. The average Bonchev–Trinajstić information content (AvgIpc) is 3.21. The van der Waals surface area contributed by atoms with Gasteiger partial charge in [0, 0.05) is 29.2 Å². The van der Waals surface area contributed by atoms with Gasteiger partial charge in [-0.3, -0.25) is 4.98 Å². The van der Waals surface area contributed by atoms with Crippen molar-refractivity contribution in [1.29, 1.82) is 0 Å². The van der Waals surface area contributed by atoms with Crippen molar-refractivity contribution in [2.24, 2.45) is 5.92 Å². The first-order chi connectivity index (χ1) is 9.73. The summed E-state index contributed by atoms with van der Waals surface area (Å²) in [7, 11) is 1.73. The molecule has 0 radical (unpaired) electrons. The summed E-state index contributed by atoms with van der Waals surface area (Å²) in [5, 5.41) is 1.13. The van der Waals surface area contributed by atoms with Gasteiger partial charge in [-0.25, -0.2) is 0 Å². The van der Waals surface area contributed by atoms with E-state index < -0.39 is 0 Å². The van der Waals surface area contributed by atoms with Gasteiger partial charge >= 0.3 is 0 Å². The van der Waals surface area contributed by atoms with E-state index in [1.165, 1.54) is 12.0 Å². The molecule has 2 aliphatic rings. The van der Waals surface area contributed by atoms with Crippen LogP contribution in [-0.2, 0) is 10.2 Å². The van der Waals surface area contributed by atoms with Gasteiger partial charge in [0.15, 0.2) is 0 Å². The van der Waals surface area contributed by atoms with Crippen molar-refractivity contribution in [2.45, 2.75) is 25.2 Å². The molecule has 0 N–H and O–H groups in total. The minimum Gasteiger partial charge on any atom is -0.496 e. The zero-order valence-electron chi connectivity index (χ0n) is 12.0. The van der Waals surface area contributed by atoms with Crippen LogP contribution in [0.15, 0.2) is 24.3 Å². The second-order valence-electron chi connectivity index (χ2n) is 6.08. The summed E-state index contributed by atoms with van der Waals surface area (Å²) in [6.45, 7) is 3.81. The Hall–Kier alpha value is -1.61. The van der Waals surface area contributed by atoms with E-state index in [9.17, 15) is 0 Å². The van der Waals surface area contributed by atoms with Crippen LogP contribution in [0.5, 0.6) is 5.75 Å². The molecule has 2 heterocycles. The maximum atomic E-state index is 5.58. The van der Waals surface area contributed by atoms with Gasteiger partial charge in [0.05, 0.1) is 19.2 Å². The van der Waals surface area contributed by atoms with E-state index >= 15 is 0 Å². The number of fused-ring (bicyclic) bond motifs is 2. The highest BCUT2D eigenvalue weighted by molar-refractivity contribution is 5.86. The summed E-state index contributed by atoms with van der Waals surface area (Å²) < 4.78 is 11.1. The number of nitrogens with zero attached hydrogens (tertiary/aromatic N) is 1. The maximum Gasteiger partial charge on any atom is 0.130 e. The third-order valence-electron chi connectivity index (χ3n) is 4.94. The molecule has 3 heteroatoms. The lowest BCUT2D eigenvalue weighted by Gasteiger charge is -2.23. The largest absolute Gasteiger partial charge is 0.496 e. The summed E-state index contributed by atoms with van der Waals surface area (Å²) in [5.41, 5.74) is 3.81. The Morgan fingerprint density at radius 1 is 1.35 bits per heavy atom. The number of pyridine rings is 1. The Kier molecular flexibility index (Phi) is 2.55. The molecule has 3 nitrogen and oxygen atoms in total. The fourth-order valence-electron chi connectivity index (χ4n) is 3.68. The first kappa shape index (κ1) is 12.2. The first-order valence-electron chi connectivity index (χ1n) is 7.26. The minimum atomic E-state index is 0.363. The monoisotopic (exact) mass is 269 g/mol. The number of methoxy groups -OCH3 is 1. The van der Waals surface area contributed by atoms with Crippen LogP contribution in [0, 0.1) is 12.8 Å². The number of ether oxygens (including phenoxy) is 2. The standard InChI is InChI=1S/C17H19NO2/c1-11-7-16(19-2)14-8-12(3-4-15(14)18-11)17-5-6-20-10-13(17)9-17/h3-4,7-8,13H,5-6,9-10H2,1-2H3/t13-,17-/m0/s1. The van der Waals surface area contributed by atoms with E-state index in [1.807, 2.05) is 13.0 Å². The number of benzene rings is 1. The molecule has 20 heavy (non-hydrogen) atoms. The molecule has 1 aromatic carbocycles. The highest BCUT2D eigenvalue weighted by atomic mass is 16.5. The molecule has 1 aromatic heterocycles.